The van der Waals surface area contributed by atoms with Crippen LogP contribution in [0.25, 0.3) is 0 Å². The van der Waals surface area contributed by atoms with Crippen molar-refractivity contribution >= 4 is 10.4 Å². The maximum Gasteiger partial charge on any atom is 0.124 e. The Morgan fingerprint density at radius 3 is 2.50 bits per heavy atom. The molecule has 0 rings (SSSR count). The Balaban J connectivity index is 3.77. The zero-order chi connectivity index (χ0) is 4.99. The molecule has 0 spiro atoms. The molecule has 0 aromatic heterocycles. The third-order valence-electron chi connectivity index (χ3n) is 0.268. The first-order valence-electron chi connectivity index (χ1n) is 1.30. The third kappa shape index (κ3) is 1.99. The van der Waals surface area contributed by atoms with Gasteiger partial charge in [-0.05, 0) is 0 Å². The van der Waals surface area contributed by atoms with Gasteiger partial charge in [-0.25, -0.2) is 8.93 Å². The molecule has 0 atom stereocenters. The molecule has 0 aliphatic rings. The van der Waals surface area contributed by atoms with E-state index in [9.17, 15) is 4.21 Å². The van der Waals surface area contributed by atoms with Gasteiger partial charge in [0.1, 0.15) is 15.8 Å². The summed E-state index contributed by atoms with van der Waals surface area (Å²) in [5.41, 5.74) is 0. The summed E-state index contributed by atoms with van der Waals surface area (Å²) in [5, 5.41) is 9.20. The molecule has 4 heteroatoms. The molecule has 6 heavy (non-hydrogen) atoms. The maximum atomic E-state index is 9.82. The molecule has 0 fully saturated rings. The highest BCUT2D eigenvalue weighted by Crippen LogP contribution is 1.39. The Kier molecular flexibility index (Phi) is 2.80. The van der Waals surface area contributed by atoms with Gasteiger partial charge < -0.3 is 5.11 Å². The second kappa shape index (κ2) is 2.93. The van der Waals surface area contributed by atoms with E-state index in [1.807, 2.05) is 0 Å². The summed E-state index contributed by atoms with van der Waals surface area (Å²) in [6.07, 6.45) is 0. The van der Waals surface area contributed by atoms with Crippen molar-refractivity contribution in [2.75, 3.05) is 7.05 Å². The lowest BCUT2D eigenvalue weighted by molar-refractivity contribution is 0.519. The van der Waals surface area contributed by atoms with Crippen LogP contribution in [0, 0.1) is 5.37 Å². The molecule has 0 bridgehead atoms. The SMILES string of the molecule is CNS(=O)#CO. The number of hydrogen-bond donors (Lipinski definition) is 2. The van der Waals surface area contributed by atoms with Crippen molar-refractivity contribution in [1.29, 1.82) is 0 Å². The molecule has 3 nitrogen and oxygen atoms in total. The van der Waals surface area contributed by atoms with Crippen LogP contribution in [0.1, 0.15) is 0 Å². The van der Waals surface area contributed by atoms with E-state index in [4.69, 9.17) is 5.11 Å². The van der Waals surface area contributed by atoms with Crippen LogP contribution in [0.5, 0.6) is 0 Å². The number of hydrogen-bond acceptors (Lipinski definition) is 2. The molecule has 0 aromatic carbocycles. The minimum absolute atomic E-state index is 1.46. The van der Waals surface area contributed by atoms with Crippen LogP contribution >= 0.6 is 0 Å². The van der Waals surface area contributed by atoms with Crippen molar-refractivity contribution in [3.05, 3.63) is 0 Å². The van der Waals surface area contributed by atoms with E-state index < -0.39 is 10.4 Å². The molecule has 0 saturated heterocycles. The minimum Gasteiger partial charge on any atom is -0.310 e. The monoisotopic (exact) mass is 107 g/mol. The molecule has 0 aliphatic heterocycles. The van der Waals surface area contributed by atoms with Crippen LogP contribution in [0.4, 0.5) is 0 Å². The molecule has 36 valence electrons. The van der Waals surface area contributed by atoms with E-state index in [0.717, 1.165) is 0 Å². The van der Waals surface area contributed by atoms with Crippen molar-refractivity contribution in [2.45, 2.75) is 0 Å². The topological polar surface area (TPSA) is 49.3 Å². The first-order chi connectivity index (χ1) is 2.81. The zero-order valence-electron chi connectivity index (χ0n) is 3.26. The van der Waals surface area contributed by atoms with Crippen LogP contribution < -0.4 is 4.72 Å². The third-order valence-corrected chi connectivity index (χ3v) is 0.805. The molecular weight excluding hydrogens is 102 g/mol. The molecule has 0 amide bonds. The number of aliphatic hydroxyl groups excluding tert-OH is 1. The fourth-order valence-corrected chi connectivity index (χ4v) is 0.137. The first kappa shape index (κ1) is 5.72. The van der Waals surface area contributed by atoms with Crippen molar-refractivity contribution in [2.24, 2.45) is 0 Å². The molecule has 2 N–H and O–H groups in total. The summed E-state index contributed by atoms with van der Waals surface area (Å²) in [6, 6.07) is 0. The van der Waals surface area contributed by atoms with Gasteiger partial charge in [-0.1, -0.05) is 0 Å². The summed E-state index contributed by atoms with van der Waals surface area (Å²) in [6.45, 7) is 0. The normalized spacial score (nSPS) is 7.00. The van der Waals surface area contributed by atoms with Crippen LogP contribution in [0.15, 0.2) is 0 Å². The van der Waals surface area contributed by atoms with Gasteiger partial charge >= 0.3 is 0 Å². The molecule has 0 radical (unpaired) electrons. The van der Waals surface area contributed by atoms with Crippen molar-refractivity contribution in [1.82, 2.24) is 4.72 Å². The Bertz CT molecular complexity index is 141. The molecule has 0 unspecified atom stereocenters. The summed E-state index contributed by atoms with van der Waals surface area (Å²) in [7, 11) is -0.0207. The molecule has 0 heterocycles. The highest BCUT2D eigenvalue weighted by Gasteiger charge is 1.60. The molecular formula is C2H5NO2S. The van der Waals surface area contributed by atoms with E-state index in [1.165, 1.54) is 12.4 Å². The molecule has 0 aliphatic carbocycles. The van der Waals surface area contributed by atoms with Crippen LogP contribution in [-0.2, 0) is 10.4 Å². The van der Waals surface area contributed by atoms with Crippen LogP contribution in [0.3, 0.4) is 0 Å². The summed E-state index contributed by atoms with van der Waals surface area (Å²) in [5.74, 6) is 0. The maximum absolute atomic E-state index is 9.82. The quantitative estimate of drug-likeness (QED) is 0.424. The highest BCUT2D eigenvalue weighted by atomic mass is 32.2. The largest absolute Gasteiger partial charge is 0.310 e. The van der Waals surface area contributed by atoms with Gasteiger partial charge in [-0.15, -0.1) is 0 Å². The van der Waals surface area contributed by atoms with Gasteiger partial charge in [-0.2, -0.15) is 0 Å². The Morgan fingerprint density at radius 1 is 2.00 bits per heavy atom. The highest BCUT2D eigenvalue weighted by molar-refractivity contribution is 7.72. The van der Waals surface area contributed by atoms with Crippen molar-refractivity contribution < 1.29 is 9.32 Å². The van der Waals surface area contributed by atoms with E-state index >= 15 is 0 Å². The van der Waals surface area contributed by atoms with Gasteiger partial charge in [0.05, 0.1) is 0 Å². The Morgan fingerprint density at radius 2 is 2.50 bits per heavy atom. The lowest BCUT2D eigenvalue weighted by Gasteiger charge is -1.68. The standard InChI is InChI=1S/C2H5NO2S/c1-3-6(5)2-4/h4H,1H3,(H,3,5). The number of aliphatic hydroxyl groups is 1. The Labute approximate surface area is 37.8 Å². The van der Waals surface area contributed by atoms with Crippen molar-refractivity contribution in [3.8, 4) is 5.37 Å². The van der Waals surface area contributed by atoms with Gasteiger partial charge in [0, 0.05) is 7.05 Å². The summed E-state index contributed by atoms with van der Waals surface area (Å²) < 4.78 is 12.0. The fraction of sp³-hybridized carbons (Fsp3) is 0.500. The Hall–Kier alpha value is -0.280. The summed E-state index contributed by atoms with van der Waals surface area (Å²) >= 11 is 0. The zero-order valence-corrected chi connectivity index (χ0v) is 4.08. The predicted molar refractivity (Wildman–Crippen MR) is 23.0 cm³/mol. The van der Waals surface area contributed by atoms with E-state index in [1.54, 1.807) is 0 Å². The van der Waals surface area contributed by atoms with E-state index in [0.29, 0.717) is 0 Å². The van der Waals surface area contributed by atoms with Crippen LogP contribution in [0.2, 0.25) is 0 Å². The average molecular weight is 107 g/mol. The second-order valence-electron chi connectivity index (χ2n) is 0.564. The number of rotatable bonds is 0. The fourth-order valence-electron chi connectivity index (χ4n) is 0.0456. The van der Waals surface area contributed by atoms with Gasteiger partial charge in [0.15, 0.2) is 0 Å². The van der Waals surface area contributed by atoms with Gasteiger partial charge in [-0.3, -0.25) is 0 Å². The van der Waals surface area contributed by atoms with E-state index in [2.05, 4.69) is 4.72 Å². The average Bonchev–Trinajstić information content (AvgIpc) is 1.65. The minimum atomic E-state index is -1.48. The lowest BCUT2D eigenvalue weighted by Crippen LogP contribution is -1.97. The van der Waals surface area contributed by atoms with E-state index in [-0.39, 0.29) is 0 Å². The molecule has 0 aromatic rings. The lowest BCUT2D eigenvalue weighted by atomic mass is 11.6. The smallest absolute Gasteiger partial charge is 0.124 e. The van der Waals surface area contributed by atoms with Gasteiger partial charge in [0.2, 0.25) is 0 Å². The first-order valence-corrected chi connectivity index (χ1v) is 2.45. The van der Waals surface area contributed by atoms with Crippen LogP contribution in [-0.4, -0.2) is 16.4 Å². The number of nitrogens with one attached hydrogen (secondary N) is 1. The predicted octanol–water partition coefficient (Wildman–Crippen LogP) is -0.841. The summed E-state index contributed by atoms with van der Waals surface area (Å²) in [4.78, 5) is 0. The van der Waals surface area contributed by atoms with Gasteiger partial charge in [0.25, 0.3) is 0 Å². The van der Waals surface area contributed by atoms with Crippen molar-refractivity contribution in [3.63, 3.8) is 0 Å². The second-order valence-corrected chi connectivity index (χ2v) is 1.69. The molecule has 0 saturated carbocycles.